The van der Waals surface area contributed by atoms with Gasteiger partial charge in [-0.1, -0.05) is 0 Å². The van der Waals surface area contributed by atoms with Crippen LogP contribution in [0, 0.1) is 5.92 Å². The SMILES string of the molecule is CC(=O)NCC(=O)N1CC(CC(=O)O)C1. The highest BCUT2D eigenvalue weighted by atomic mass is 16.4. The third kappa shape index (κ3) is 3.57. The average Bonchev–Trinajstić information content (AvgIpc) is 2.06. The minimum atomic E-state index is -0.839. The lowest BCUT2D eigenvalue weighted by atomic mass is 9.96. The zero-order valence-corrected chi connectivity index (χ0v) is 8.52. The molecule has 2 N–H and O–H groups in total. The van der Waals surface area contributed by atoms with Gasteiger partial charge in [0.25, 0.3) is 0 Å². The molecule has 6 heteroatoms. The van der Waals surface area contributed by atoms with Crippen molar-refractivity contribution in [1.82, 2.24) is 10.2 Å². The molecule has 0 aliphatic carbocycles. The molecule has 15 heavy (non-hydrogen) atoms. The molecular weight excluding hydrogens is 200 g/mol. The maximum absolute atomic E-state index is 11.3. The highest BCUT2D eigenvalue weighted by Gasteiger charge is 2.31. The smallest absolute Gasteiger partial charge is 0.303 e. The Kier molecular flexibility index (Phi) is 3.65. The van der Waals surface area contributed by atoms with Gasteiger partial charge in [0.15, 0.2) is 0 Å². The summed E-state index contributed by atoms with van der Waals surface area (Å²) in [6.45, 7) is 2.29. The van der Waals surface area contributed by atoms with Gasteiger partial charge in [0, 0.05) is 25.9 Å². The van der Waals surface area contributed by atoms with Crippen LogP contribution in [0.15, 0.2) is 0 Å². The number of hydrogen-bond donors (Lipinski definition) is 2. The largest absolute Gasteiger partial charge is 0.481 e. The number of carboxylic acid groups (broad SMARTS) is 1. The molecule has 0 bridgehead atoms. The Morgan fingerprint density at radius 3 is 2.47 bits per heavy atom. The summed E-state index contributed by atoms with van der Waals surface area (Å²) in [6, 6.07) is 0. The van der Waals surface area contributed by atoms with Gasteiger partial charge in [-0.05, 0) is 0 Å². The lowest BCUT2D eigenvalue weighted by Crippen LogP contribution is -2.53. The maximum Gasteiger partial charge on any atom is 0.303 e. The van der Waals surface area contributed by atoms with E-state index in [9.17, 15) is 14.4 Å². The molecular formula is C9H14N2O4. The fourth-order valence-corrected chi connectivity index (χ4v) is 1.46. The van der Waals surface area contributed by atoms with Crippen LogP contribution in [0.3, 0.4) is 0 Å². The van der Waals surface area contributed by atoms with Crippen LogP contribution in [0.5, 0.6) is 0 Å². The second-order valence-corrected chi connectivity index (χ2v) is 3.67. The van der Waals surface area contributed by atoms with Gasteiger partial charge in [-0.15, -0.1) is 0 Å². The molecule has 1 aliphatic heterocycles. The Hall–Kier alpha value is -1.59. The molecule has 0 aromatic heterocycles. The molecule has 2 amide bonds. The van der Waals surface area contributed by atoms with E-state index in [1.165, 1.54) is 6.92 Å². The third-order valence-corrected chi connectivity index (χ3v) is 2.26. The zero-order chi connectivity index (χ0) is 11.4. The van der Waals surface area contributed by atoms with E-state index in [2.05, 4.69) is 5.32 Å². The highest BCUT2D eigenvalue weighted by molar-refractivity contribution is 5.84. The van der Waals surface area contributed by atoms with Crippen molar-refractivity contribution in [2.45, 2.75) is 13.3 Å². The van der Waals surface area contributed by atoms with Gasteiger partial charge in [-0.2, -0.15) is 0 Å². The zero-order valence-electron chi connectivity index (χ0n) is 8.52. The summed E-state index contributed by atoms with van der Waals surface area (Å²) in [5.41, 5.74) is 0. The summed E-state index contributed by atoms with van der Waals surface area (Å²) >= 11 is 0. The molecule has 1 fully saturated rings. The van der Waals surface area contributed by atoms with Crippen LogP contribution in [0.4, 0.5) is 0 Å². The van der Waals surface area contributed by atoms with E-state index in [4.69, 9.17) is 5.11 Å². The van der Waals surface area contributed by atoms with Crippen LogP contribution in [0.1, 0.15) is 13.3 Å². The summed E-state index contributed by atoms with van der Waals surface area (Å²) in [7, 11) is 0. The second kappa shape index (κ2) is 4.77. The van der Waals surface area contributed by atoms with Gasteiger partial charge in [0.2, 0.25) is 11.8 Å². The number of hydrogen-bond acceptors (Lipinski definition) is 3. The fourth-order valence-electron chi connectivity index (χ4n) is 1.46. The van der Waals surface area contributed by atoms with Crippen LogP contribution >= 0.6 is 0 Å². The predicted octanol–water partition coefficient (Wildman–Crippen LogP) is -0.944. The van der Waals surface area contributed by atoms with Crippen molar-refractivity contribution < 1.29 is 19.5 Å². The summed E-state index contributed by atoms with van der Waals surface area (Å²) in [5.74, 6) is -1.18. The number of nitrogens with one attached hydrogen (secondary N) is 1. The monoisotopic (exact) mass is 214 g/mol. The molecule has 0 saturated carbocycles. The van der Waals surface area contributed by atoms with Gasteiger partial charge in [0.1, 0.15) is 0 Å². The molecule has 0 radical (unpaired) electrons. The van der Waals surface area contributed by atoms with Crippen LogP contribution in [0.2, 0.25) is 0 Å². The van der Waals surface area contributed by atoms with Gasteiger partial charge in [-0.25, -0.2) is 0 Å². The van der Waals surface area contributed by atoms with E-state index in [0.29, 0.717) is 13.1 Å². The molecule has 0 aromatic carbocycles. The highest BCUT2D eigenvalue weighted by Crippen LogP contribution is 2.18. The number of carbonyl (C=O) groups is 3. The molecule has 0 aromatic rings. The quantitative estimate of drug-likeness (QED) is 0.632. The topological polar surface area (TPSA) is 86.7 Å². The third-order valence-electron chi connectivity index (χ3n) is 2.26. The lowest BCUT2D eigenvalue weighted by molar-refractivity contribution is -0.144. The summed E-state index contributed by atoms with van der Waals surface area (Å²) in [6.07, 6.45) is 0.101. The molecule has 84 valence electrons. The molecule has 0 atom stereocenters. The van der Waals surface area contributed by atoms with Crippen LogP contribution in [-0.2, 0) is 14.4 Å². The van der Waals surface area contributed by atoms with Gasteiger partial charge in [-0.3, -0.25) is 14.4 Å². The minimum absolute atomic E-state index is 0.00484. The van der Waals surface area contributed by atoms with Crippen molar-refractivity contribution in [3.8, 4) is 0 Å². The van der Waals surface area contributed by atoms with Gasteiger partial charge in [0.05, 0.1) is 13.0 Å². The molecule has 1 heterocycles. The number of amides is 2. The number of rotatable bonds is 4. The fraction of sp³-hybridized carbons (Fsp3) is 0.667. The molecule has 1 saturated heterocycles. The van der Waals surface area contributed by atoms with E-state index < -0.39 is 5.97 Å². The van der Waals surface area contributed by atoms with Crippen molar-refractivity contribution in [1.29, 1.82) is 0 Å². The van der Waals surface area contributed by atoms with E-state index in [1.807, 2.05) is 0 Å². The van der Waals surface area contributed by atoms with Gasteiger partial charge < -0.3 is 15.3 Å². The first kappa shape index (κ1) is 11.5. The minimum Gasteiger partial charge on any atom is -0.481 e. The van der Waals surface area contributed by atoms with E-state index in [1.54, 1.807) is 4.90 Å². The summed E-state index contributed by atoms with van der Waals surface area (Å²) in [5, 5.41) is 10.9. The molecule has 6 nitrogen and oxygen atoms in total. The Labute approximate surface area is 87.2 Å². The lowest BCUT2D eigenvalue weighted by Gasteiger charge is -2.38. The number of carboxylic acids is 1. The molecule has 0 spiro atoms. The first-order valence-electron chi connectivity index (χ1n) is 4.73. The number of nitrogens with zero attached hydrogens (tertiary/aromatic N) is 1. The first-order valence-corrected chi connectivity index (χ1v) is 4.73. The van der Waals surface area contributed by atoms with Crippen molar-refractivity contribution >= 4 is 17.8 Å². The summed E-state index contributed by atoms with van der Waals surface area (Å²) in [4.78, 5) is 33.7. The Balaban J connectivity index is 2.18. The maximum atomic E-state index is 11.3. The normalized spacial score (nSPS) is 15.7. The van der Waals surface area contributed by atoms with Crippen LogP contribution in [-0.4, -0.2) is 47.4 Å². The molecule has 1 rings (SSSR count). The second-order valence-electron chi connectivity index (χ2n) is 3.67. The predicted molar refractivity (Wildman–Crippen MR) is 51.0 cm³/mol. The van der Waals surface area contributed by atoms with Crippen molar-refractivity contribution in [3.63, 3.8) is 0 Å². The van der Waals surface area contributed by atoms with E-state index in [0.717, 1.165) is 0 Å². The molecule has 0 unspecified atom stereocenters. The van der Waals surface area contributed by atoms with Crippen molar-refractivity contribution in [3.05, 3.63) is 0 Å². The standard InChI is InChI=1S/C9H14N2O4/c1-6(12)10-3-8(13)11-4-7(5-11)2-9(14)15/h7H,2-5H2,1H3,(H,10,12)(H,14,15). The van der Waals surface area contributed by atoms with E-state index in [-0.39, 0.29) is 30.7 Å². The first-order chi connectivity index (χ1) is 6.99. The number of carbonyl (C=O) groups excluding carboxylic acids is 2. The Morgan fingerprint density at radius 2 is 2.00 bits per heavy atom. The van der Waals surface area contributed by atoms with Crippen LogP contribution < -0.4 is 5.32 Å². The molecule has 1 aliphatic rings. The number of likely N-dealkylation sites (tertiary alicyclic amines) is 1. The van der Waals surface area contributed by atoms with Crippen molar-refractivity contribution in [2.75, 3.05) is 19.6 Å². The Morgan fingerprint density at radius 1 is 1.40 bits per heavy atom. The van der Waals surface area contributed by atoms with Crippen molar-refractivity contribution in [2.24, 2.45) is 5.92 Å². The Bertz CT molecular complexity index is 284. The van der Waals surface area contributed by atoms with E-state index >= 15 is 0 Å². The summed E-state index contributed by atoms with van der Waals surface area (Å²) < 4.78 is 0. The van der Waals surface area contributed by atoms with Crippen LogP contribution in [0.25, 0.3) is 0 Å². The number of aliphatic carboxylic acids is 1. The average molecular weight is 214 g/mol. The van der Waals surface area contributed by atoms with Gasteiger partial charge >= 0.3 is 5.97 Å².